The second kappa shape index (κ2) is 8.40. The molecule has 1 rings (SSSR count). The molecular formula is C17H32N2O2. The number of hydrogen-bond donors (Lipinski definition) is 1. The van der Waals surface area contributed by atoms with Gasteiger partial charge in [-0.25, -0.2) is 0 Å². The molecule has 0 aromatic rings. The normalized spacial score (nSPS) is 21.5. The summed E-state index contributed by atoms with van der Waals surface area (Å²) in [5.41, 5.74) is -0.717. The molecule has 0 spiro atoms. The molecule has 4 nitrogen and oxygen atoms in total. The van der Waals surface area contributed by atoms with Crippen LogP contribution in [0.1, 0.15) is 79.1 Å². The van der Waals surface area contributed by atoms with Crippen molar-refractivity contribution < 1.29 is 9.59 Å². The van der Waals surface area contributed by atoms with Crippen LogP contribution in [0.4, 0.5) is 0 Å². The number of carbonyl (C=O) groups is 2. The molecule has 0 aromatic carbocycles. The van der Waals surface area contributed by atoms with Crippen LogP contribution in [-0.2, 0) is 9.59 Å². The molecule has 0 aromatic heterocycles. The summed E-state index contributed by atoms with van der Waals surface area (Å²) in [4.78, 5) is 26.4. The van der Waals surface area contributed by atoms with Gasteiger partial charge in [0.2, 0.25) is 11.8 Å². The highest BCUT2D eigenvalue weighted by atomic mass is 16.2. The Morgan fingerprint density at radius 3 is 2.14 bits per heavy atom. The van der Waals surface area contributed by atoms with Crippen LogP contribution in [0, 0.1) is 0 Å². The van der Waals surface area contributed by atoms with Crippen LogP contribution in [0.15, 0.2) is 0 Å². The second-order valence-electron chi connectivity index (χ2n) is 6.60. The number of unbranched alkanes of at least 4 members (excludes halogenated alkanes) is 6. The van der Waals surface area contributed by atoms with Gasteiger partial charge < -0.3 is 10.2 Å². The molecule has 1 fully saturated rings. The predicted molar refractivity (Wildman–Crippen MR) is 86.0 cm³/mol. The van der Waals surface area contributed by atoms with E-state index in [1.165, 1.54) is 32.1 Å². The summed E-state index contributed by atoms with van der Waals surface area (Å²) in [5, 5.41) is 2.83. The van der Waals surface area contributed by atoms with Crippen LogP contribution in [-0.4, -0.2) is 34.8 Å². The first kappa shape index (κ1) is 18.0. The molecule has 0 aliphatic carbocycles. The maximum absolute atomic E-state index is 12.4. The molecule has 1 atom stereocenters. The lowest BCUT2D eigenvalue weighted by Crippen LogP contribution is -2.68. The van der Waals surface area contributed by atoms with E-state index < -0.39 is 5.54 Å². The minimum atomic E-state index is -0.717. The van der Waals surface area contributed by atoms with E-state index in [9.17, 15) is 9.59 Å². The highest BCUT2D eigenvalue weighted by Gasteiger charge is 2.45. The van der Waals surface area contributed by atoms with E-state index in [0.717, 1.165) is 12.8 Å². The maximum atomic E-state index is 12.4. The van der Waals surface area contributed by atoms with Gasteiger partial charge in [-0.15, -0.1) is 0 Å². The molecule has 122 valence electrons. The predicted octanol–water partition coefficient (Wildman–Crippen LogP) is 3.25. The van der Waals surface area contributed by atoms with Crippen molar-refractivity contribution in [2.24, 2.45) is 0 Å². The SMILES string of the molecule is CCCCCCCCCN1C(=O)C(CC)NC(=O)C1(C)C. The summed E-state index contributed by atoms with van der Waals surface area (Å²) in [6.45, 7) is 8.54. The zero-order valence-electron chi connectivity index (χ0n) is 14.2. The van der Waals surface area contributed by atoms with Crippen molar-refractivity contribution in [3.63, 3.8) is 0 Å². The van der Waals surface area contributed by atoms with Gasteiger partial charge in [-0.1, -0.05) is 52.4 Å². The third-order valence-corrected chi connectivity index (χ3v) is 4.49. The van der Waals surface area contributed by atoms with Gasteiger partial charge in [-0.05, 0) is 26.7 Å². The average molecular weight is 296 g/mol. The Morgan fingerprint density at radius 1 is 1.00 bits per heavy atom. The van der Waals surface area contributed by atoms with Crippen LogP contribution < -0.4 is 5.32 Å². The minimum absolute atomic E-state index is 0.0307. The van der Waals surface area contributed by atoms with Gasteiger partial charge in [0.1, 0.15) is 11.6 Å². The summed E-state index contributed by atoms with van der Waals surface area (Å²) >= 11 is 0. The topological polar surface area (TPSA) is 49.4 Å². The second-order valence-corrected chi connectivity index (χ2v) is 6.60. The molecule has 0 saturated carbocycles. The van der Waals surface area contributed by atoms with Crippen molar-refractivity contribution in [2.75, 3.05) is 6.54 Å². The summed E-state index contributed by atoms with van der Waals surface area (Å²) in [7, 11) is 0. The molecule has 0 bridgehead atoms. The van der Waals surface area contributed by atoms with E-state index in [-0.39, 0.29) is 17.9 Å². The molecule has 1 saturated heterocycles. The van der Waals surface area contributed by atoms with Crippen molar-refractivity contribution >= 4 is 11.8 Å². The fourth-order valence-electron chi connectivity index (χ4n) is 2.88. The lowest BCUT2D eigenvalue weighted by Gasteiger charge is -2.44. The van der Waals surface area contributed by atoms with Crippen LogP contribution in [0.2, 0.25) is 0 Å². The quantitative estimate of drug-likeness (QED) is 0.664. The lowest BCUT2D eigenvalue weighted by molar-refractivity contribution is -0.155. The van der Waals surface area contributed by atoms with E-state index in [0.29, 0.717) is 13.0 Å². The minimum Gasteiger partial charge on any atom is -0.342 e. The molecule has 2 amide bonds. The number of piperazine rings is 1. The van der Waals surface area contributed by atoms with Crippen molar-refractivity contribution in [1.29, 1.82) is 0 Å². The Balaban J connectivity index is 2.42. The van der Waals surface area contributed by atoms with Gasteiger partial charge in [0, 0.05) is 6.54 Å². The molecule has 1 aliphatic heterocycles. The van der Waals surface area contributed by atoms with Crippen LogP contribution in [0.3, 0.4) is 0 Å². The highest BCUT2D eigenvalue weighted by Crippen LogP contribution is 2.23. The summed E-state index contributed by atoms with van der Waals surface area (Å²) in [5.74, 6) is 0.0463. The van der Waals surface area contributed by atoms with Gasteiger partial charge >= 0.3 is 0 Å². The third-order valence-electron chi connectivity index (χ3n) is 4.49. The molecule has 1 heterocycles. The number of hydrogen-bond acceptors (Lipinski definition) is 2. The number of carbonyl (C=O) groups excluding carboxylic acids is 2. The number of rotatable bonds is 9. The molecule has 1 unspecified atom stereocenters. The Kier molecular flexibility index (Phi) is 7.20. The molecular weight excluding hydrogens is 264 g/mol. The van der Waals surface area contributed by atoms with Crippen LogP contribution in [0.5, 0.6) is 0 Å². The van der Waals surface area contributed by atoms with Crippen molar-refractivity contribution in [1.82, 2.24) is 10.2 Å². The number of nitrogens with zero attached hydrogens (tertiary/aromatic N) is 1. The Morgan fingerprint density at radius 2 is 1.57 bits per heavy atom. The molecule has 21 heavy (non-hydrogen) atoms. The van der Waals surface area contributed by atoms with E-state index in [1.54, 1.807) is 4.90 Å². The highest BCUT2D eigenvalue weighted by molar-refractivity contribution is 5.99. The molecule has 1 aliphatic rings. The fourth-order valence-corrected chi connectivity index (χ4v) is 2.88. The Hall–Kier alpha value is -1.06. The molecule has 4 heteroatoms. The smallest absolute Gasteiger partial charge is 0.246 e. The van der Waals surface area contributed by atoms with Crippen molar-refractivity contribution in [3.8, 4) is 0 Å². The first-order valence-electron chi connectivity index (χ1n) is 8.57. The Labute approximate surface area is 129 Å². The number of amides is 2. The van der Waals surface area contributed by atoms with Gasteiger partial charge in [0.25, 0.3) is 0 Å². The summed E-state index contributed by atoms with van der Waals surface area (Å²) in [6.07, 6.45) is 9.20. The third kappa shape index (κ3) is 4.72. The van der Waals surface area contributed by atoms with Crippen molar-refractivity contribution in [2.45, 2.75) is 90.6 Å². The van der Waals surface area contributed by atoms with E-state index in [1.807, 2.05) is 20.8 Å². The Bertz CT molecular complexity index is 353. The fraction of sp³-hybridized carbons (Fsp3) is 0.882. The zero-order valence-corrected chi connectivity index (χ0v) is 14.2. The average Bonchev–Trinajstić information content (AvgIpc) is 2.45. The van der Waals surface area contributed by atoms with Gasteiger partial charge in [-0.3, -0.25) is 9.59 Å². The molecule has 1 N–H and O–H groups in total. The molecule has 0 radical (unpaired) electrons. The van der Waals surface area contributed by atoms with Gasteiger partial charge in [-0.2, -0.15) is 0 Å². The monoisotopic (exact) mass is 296 g/mol. The van der Waals surface area contributed by atoms with Crippen LogP contribution >= 0.6 is 0 Å². The zero-order chi connectivity index (χ0) is 15.9. The number of nitrogens with one attached hydrogen (secondary N) is 1. The summed E-state index contributed by atoms with van der Waals surface area (Å²) in [6, 6.07) is -0.338. The van der Waals surface area contributed by atoms with Crippen LogP contribution in [0.25, 0.3) is 0 Å². The summed E-state index contributed by atoms with van der Waals surface area (Å²) < 4.78 is 0. The van der Waals surface area contributed by atoms with Crippen molar-refractivity contribution in [3.05, 3.63) is 0 Å². The maximum Gasteiger partial charge on any atom is 0.246 e. The largest absolute Gasteiger partial charge is 0.342 e. The standard InChI is InChI=1S/C17H32N2O2/c1-5-7-8-9-10-11-12-13-19-15(20)14(6-2)18-16(21)17(19,3)4/h14H,5-13H2,1-4H3,(H,18,21). The van der Waals surface area contributed by atoms with E-state index in [4.69, 9.17) is 0 Å². The first-order chi connectivity index (χ1) is 9.95. The lowest BCUT2D eigenvalue weighted by atomic mass is 9.94. The van der Waals surface area contributed by atoms with E-state index in [2.05, 4.69) is 12.2 Å². The van der Waals surface area contributed by atoms with E-state index >= 15 is 0 Å². The first-order valence-corrected chi connectivity index (χ1v) is 8.57. The van der Waals surface area contributed by atoms with Gasteiger partial charge in [0.15, 0.2) is 0 Å². The van der Waals surface area contributed by atoms with Gasteiger partial charge in [0.05, 0.1) is 0 Å².